The standard InChI is InChI=1S/C30H34ClFN6O4/c1-2-41-29(40)17-38-12-10-37(11-13-38)9-3-4-28(39)36-26-15-22-25(16-27(26)42-18-20-5-6-20)33-19-34-30(22)35-21-7-8-24(32)23(31)14-21/h3-4,7-8,14-16,19-20H,2,5-6,9-13,17-18H2,1H3,(H,36,39)(H,33,34,35). The second-order valence-corrected chi connectivity index (χ2v) is 10.8. The van der Waals surface area contributed by atoms with E-state index >= 15 is 0 Å². The lowest BCUT2D eigenvalue weighted by molar-refractivity contribution is -0.144. The third kappa shape index (κ3) is 8.15. The van der Waals surface area contributed by atoms with Crippen molar-refractivity contribution >= 4 is 51.6 Å². The molecule has 0 atom stereocenters. The molecule has 0 unspecified atom stereocenters. The minimum atomic E-state index is -0.512. The zero-order valence-electron chi connectivity index (χ0n) is 23.4. The second-order valence-electron chi connectivity index (χ2n) is 10.4. The number of benzene rings is 2. The number of hydrogen-bond donors (Lipinski definition) is 2. The van der Waals surface area contributed by atoms with Crippen LogP contribution in [0.15, 0.2) is 48.8 Å². The van der Waals surface area contributed by atoms with Crippen LogP contribution in [-0.2, 0) is 14.3 Å². The highest BCUT2D eigenvalue weighted by molar-refractivity contribution is 6.31. The molecule has 42 heavy (non-hydrogen) atoms. The molecule has 1 saturated carbocycles. The van der Waals surface area contributed by atoms with Crippen molar-refractivity contribution in [3.63, 3.8) is 0 Å². The van der Waals surface area contributed by atoms with Crippen LogP contribution in [0, 0.1) is 11.7 Å². The second kappa shape index (κ2) is 13.9. The largest absolute Gasteiger partial charge is 0.491 e. The van der Waals surface area contributed by atoms with Crippen molar-refractivity contribution in [3.8, 4) is 5.75 Å². The maximum absolute atomic E-state index is 13.7. The third-order valence-corrected chi connectivity index (χ3v) is 7.39. The Labute approximate surface area is 248 Å². The Morgan fingerprint density at radius 1 is 1.12 bits per heavy atom. The van der Waals surface area contributed by atoms with Crippen molar-refractivity contribution in [2.45, 2.75) is 19.8 Å². The normalized spacial score (nSPS) is 16.1. The number of carbonyl (C=O) groups is 2. The van der Waals surface area contributed by atoms with E-state index in [-0.39, 0.29) is 16.9 Å². The van der Waals surface area contributed by atoms with Gasteiger partial charge in [0.25, 0.3) is 0 Å². The molecule has 0 spiro atoms. The van der Waals surface area contributed by atoms with E-state index in [1.807, 2.05) is 6.08 Å². The van der Waals surface area contributed by atoms with Gasteiger partial charge in [-0.3, -0.25) is 19.4 Å². The van der Waals surface area contributed by atoms with Gasteiger partial charge in [0.2, 0.25) is 5.91 Å². The fourth-order valence-corrected chi connectivity index (χ4v) is 4.79. The molecule has 2 aromatic carbocycles. The number of rotatable bonds is 12. The monoisotopic (exact) mass is 596 g/mol. The van der Waals surface area contributed by atoms with Crippen LogP contribution >= 0.6 is 11.6 Å². The summed E-state index contributed by atoms with van der Waals surface area (Å²) in [4.78, 5) is 37.7. The number of halogens is 2. The number of esters is 1. The Kier molecular flexibility index (Phi) is 9.83. The van der Waals surface area contributed by atoms with E-state index in [2.05, 4.69) is 30.4 Å². The Bertz CT molecular complexity index is 1460. The first-order chi connectivity index (χ1) is 20.4. The van der Waals surface area contributed by atoms with Crippen molar-refractivity contribution in [3.05, 3.63) is 59.7 Å². The van der Waals surface area contributed by atoms with E-state index in [0.29, 0.717) is 66.1 Å². The van der Waals surface area contributed by atoms with Gasteiger partial charge in [-0.05, 0) is 49.9 Å². The SMILES string of the molecule is CCOC(=O)CN1CCN(CC=CC(=O)Nc2cc3c(Nc4ccc(F)c(Cl)c4)ncnc3cc2OCC2CC2)CC1. The van der Waals surface area contributed by atoms with Crippen molar-refractivity contribution in [1.29, 1.82) is 0 Å². The summed E-state index contributed by atoms with van der Waals surface area (Å²) in [5.41, 5.74) is 1.69. The molecule has 2 N–H and O–H groups in total. The van der Waals surface area contributed by atoms with E-state index < -0.39 is 5.82 Å². The lowest BCUT2D eigenvalue weighted by atomic mass is 10.1. The van der Waals surface area contributed by atoms with E-state index in [1.54, 1.807) is 25.1 Å². The Balaban J connectivity index is 1.25. The smallest absolute Gasteiger partial charge is 0.320 e. The number of hydrogen-bond acceptors (Lipinski definition) is 9. The summed E-state index contributed by atoms with van der Waals surface area (Å²) in [5, 5.41) is 6.75. The fourth-order valence-electron chi connectivity index (χ4n) is 4.61. The average Bonchev–Trinajstić information content (AvgIpc) is 3.80. The maximum atomic E-state index is 13.7. The van der Waals surface area contributed by atoms with Gasteiger partial charge in [-0.15, -0.1) is 0 Å². The first-order valence-electron chi connectivity index (χ1n) is 14.1. The summed E-state index contributed by atoms with van der Waals surface area (Å²) in [6.07, 6.45) is 7.03. The minimum absolute atomic E-state index is 0.00702. The van der Waals surface area contributed by atoms with Gasteiger partial charge < -0.3 is 20.1 Å². The molecule has 222 valence electrons. The molecule has 2 aliphatic rings. The molecule has 1 aromatic heterocycles. The molecular weight excluding hydrogens is 563 g/mol. The van der Waals surface area contributed by atoms with Crippen molar-refractivity contribution in [1.82, 2.24) is 19.8 Å². The van der Waals surface area contributed by atoms with Gasteiger partial charge in [0.05, 0.1) is 36.0 Å². The van der Waals surface area contributed by atoms with Crippen molar-refractivity contribution < 1.29 is 23.5 Å². The molecule has 12 heteroatoms. The van der Waals surface area contributed by atoms with Crippen molar-refractivity contribution in [2.75, 3.05) is 63.1 Å². The minimum Gasteiger partial charge on any atom is -0.491 e. The molecule has 2 fully saturated rings. The lowest BCUT2D eigenvalue weighted by Crippen LogP contribution is -2.48. The number of ether oxygens (including phenoxy) is 2. The molecule has 1 aliphatic heterocycles. The van der Waals surface area contributed by atoms with Gasteiger partial charge in [-0.25, -0.2) is 14.4 Å². The van der Waals surface area contributed by atoms with Crippen LogP contribution in [0.2, 0.25) is 5.02 Å². The molecule has 10 nitrogen and oxygen atoms in total. The quantitative estimate of drug-likeness (QED) is 0.228. The van der Waals surface area contributed by atoms with Crippen molar-refractivity contribution in [2.24, 2.45) is 5.92 Å². The van der Waals surface area contributed by atoms with Crippen LogP contribution < -0.4 is 15.4 Å². The Morgan fingerprint density at radius 2 is 1.90 bits per heavy atom. The zero-order chi connectivity index (χ0) is 29.5. The van der Waals surface area contributed by atoms with Gasteiger partial charge in [-0.1, -0.05) is 17.7 Å². The van der Waals surface area contributed by atoms with E-state index in [4.69, 9.17) is 21.1 Å². The van der Waals surface area contributed by atoms with Gasteiger partial charge in [-0.2, -0.15) is 0 Å². The van der Waals surface area contributed by atoms with E-state index in [0.717, 1.165) is 39.0 Å². The van der Waals surface area contributed by atoms with Crippen LogP contribution in [-0.4, -0.2) is 84.1 Å². The summed E-state index contributed by atoms with van der Waals surface area (Å²) in [5.74, 6) is 0.524. The summed E-state index contributed by atoms with van der Waals surface area (Å²) in [7, 11) is 0. The molecule has 5 rings (SSSR count). The van der Waals surface area contributed by atoms with Gasteiger partial charge in [0, 0.05) is 55.9 Å². The lowest BCUT2D eigenvalue weighted by Gasteiger charge is -2.33. The summed E-state index contributed by atoms with van der Waals surface area (Å²) < 4.78 is 24.8. The average molecular weight is 597 g/mol. The fraction of sp³-hybridized carbons (Fsp3) is 0.400. The van der Waals surface area contributed by atoms with Gasteiger partial charge in [0.1, 0.15) is 23.7 Å². The maximum Gasteiger partial charge on any atom is 0.320 e. The molecule has 0 radical (unpaired) electrons. The predicted octanol–water partition coefficient (Wildman–Crippen LogP) is 4.63. The number of fused-ring (bicyclic) bond motifs is 1. The van der Waals surface area contributed by atoms with Crippen LogP contribution in [0.1, 0.15) is 19.8 Å². The number of carbonyl (C=O) groups excluding carboxylic acids is 2. The number of piperazine rings is 1. The number of amides is 1. The Morgan fingerprint density at radius 3 is 2.64 bits per heavy atom. The topological polar surface area (TPSA) is 109 Å². The first-order valence-corrected chi connectivity index (χ1v) is 14.5. The zero-order valence-corrected chi connectivity index (χ0v) is 24.2. The number of anilines is 3. The predicted molar refractivity (Wildman–Crippen MR) is 160 cm³/mol. The van der Waals surface area contributed by atoms with Crippen LogP contribution in [0.25, 0.3) is 10.9 Å². The van der Waals surface area contributed by atoms with Gasteiger partial charge in [0.15, 0.2) is 0 Å². The molecule has 0 bridgehead atoms. The Hall–Kier alpha value is -3.80. The summed E-state index contributed by atoms with van der Waals surface area (Å²) >= 11 is 5.95. The van der Waals surface area contributed by atoms with E-state index in [9.17, 15) is 14.0 Å². The first kappa shape index (κ1) is 29.7. The number of nitrogens with zero attached hydrogens (tertiary/aromatic N) is 4. The summed E-state index contributed by atoms with van der Waals surface area (Å²) in [6.45, 7) is 6.79. The van der Waals surface area contributed by atoms with Gasteiger partial charge >= 0.3 is 5.97 Å². The van der Waals surface area contributed by atoms with Crippen LogP contribution in [0.3, 0.4) is 0 Å². The molecule has 1 amide bonds. The molecular formula is C30H34ClFN6O4. The highest BCUT2D eigenvalue weighted by Gasteiger charge is 2.23. The highest BCUT2D eigenvalue weighted by Crippen LogP contribution is 2.36. The highest BCUT2D eigenvalue weighted by atomic mass is 35.5. The van der Waals surface area contributed by atoms with E-state index in [1.165, 1.54) is 24.5 Å². The van der Waals surface area contributed by atoms with Crippen LogP contribution in [0.4, 0.5) is 21.6 Å². The number of aromatic nitrogens is 2. The molecule has 3 aromatic rings. The summed E-state index contributed by atoms with van der Waals surface area (Å²) in [6, 6.07) is 7.89. The van der Waals surface area contributed by atoms with Crippen LogP contribution in [0.5, 0.6) is 5.75 Å². The molecule has 1 saturated heterocycles. The number of nitrogens with one attached hydrogen (secondary N) is 2. The molecule has 1 aliphatic carbocycles. The molecule has 2 heterocycles. The third-order valence-electron chi connectivity index (χ3n) is 7.10.